The number of rotatable bonds is 4. The Balaban J connectivity index is 1.58. The lowest BCUT2D eigenvalue weighted by Gasteiger charge is -2.38. The molecule has 2 aromatic rings. The van der Waals surface area contributed by atoms with E-state index in [-0.39, 0.29) is 0 Å². The Morgan fingerprint density at radius 3 is 2.27 bits per heavy atom. The third-order valence-electron chi connectivity index (χ3n) is 4.93. The molecule has 3 rings (SSSR count). The van der Waals surface area contributed by atoms with E-state index in [1.165, 1.54) is 6.07 Å². The van der Waals surface area contributed by atoms with Crippen LogP contribution in [0.1, 0.15) is 12.5 Å². The van der Waals surface area contributed by atoms with Gasteiger partial charge in [-0.1, -0.05) is 0 Å². The number of nitrogens with one attached hydrogen (secondary N) is 1. The van der Waals surface area contributed by atoms with Gasteiger partial charge < -0.3 is 10.2 Å². The zero-order chi connectivity index (χ0) is 22.1. The van der Waals surface area contributed by atoms with Crippen LogP contribution in [0.15, 0.2) is 30.5 Å². The maximum atomic E-state index is 13.7. The maximum absolute atomic E-state index is 13.7. The van der Waals surface area contributed by atoms with Crippen LogP contribution < -0.4 is 10.2 Å². The van der Waals surface area contributed by atoms with E-state index in [9.17, 15) is 31.1 Å². The summed E-state index contributed by atoms with van der Waals surface area (Å²) < 4.78 is 78.0. The van der Waals surface area contributed by atoms with Crippen LogP contribution >= 0.6 is 0 Å². The van der Waals surface area contributed by atoms with Crippen molar-refractivity contribution < 1.29 is 31.1 Å². The number of anilines is 2. The summed E-state index contributed by atoms with van der Waals surface area (Å²) in [5, 5.41) is 2.24. The summed E-state index contributed by atoms with van der Waals surface area (Å²) in [4.78, 5) is 19.8. The average Bonchev–Trinajstić information content (AvgIpc) is 2.73. The summed E-state index contributed by atoms with van der Waals surface area (Å²) >= 11 is 0. The van der Waals surface area contributed by atoms with Gasteiger partial charge in [0.15, 0.2) is 17.5 Å². The molecular formula is C19H18F6N4O. The van der Waals surface area contributed by atoms with E-state index in [1.54, 1.807) is 16.7 Å². The molecule has 1 amide bonds. The summed E-state index contributed by atoms with van der Waals surface area (Å²) in [6.07, 6.45) is -3.69. The fourth-order valence-corrected chi connectivity index (χ4v) is 3.10. The second-order valence-electron chi connectivity index (χ2n) is 6.81. The highest BCUT2D eigenvalue weighted by Gasteiger charge is 2.31. The van der Waals surface area contributed by atoms with Crippen LogP contribution in [0.3, 0.4) is 0 Å². The molecule has 2 heterocycles. The SMILES string of the molecule is CC(C(=O)Nc1ccc(F)c(F)c1F)N1CCN(c2ccc(C(F)(F)F)cn2)CC1. The topological polar surface area (TPSA) is 48.5 Å². The van der Waals surface area contributed by atoms with Crippen molar-refractivity contribution >= 4 is 17.4 Å². The first-order chi connectivity index (χ1) is 14.1. The smallest absolute Gasteiger partial charge is 0.354 e. The quantitative estimate of drug-likeness (QED) is 0.592. The highest BCUT2D eigenvalue weighted by molar-refractivity contribution is 5.94. The highest BCUT2D eigenvalue weighted by Crippen LogP contribution is 2.29. The number of carbonyl (C=O) groups excluding carboxylic acids is 1. The Kier molecular flexibility index (Phi) is 6.20. The van der Waals surface area contributed by atoms with E-state index < -0.39 is 46.8 Å². The first-order valence-electron chi connectivity index (χ1n) is 9.04. The molecule has 11 heteroatoms. The van der Waals surface area contributed by atoms with Crippen molar-refractivity contribution in [1.82, 2.24) is 9.88 Å². The Hall–Kier alpha value is -2.82. The molecule has 0 bridgehead atoms. The van der Waals surface area contributed by atoms with Crippen LogP contribution in [0.5, 0.6) is 0 Å². The largest absolute Gasteiger partial charge is 0.417 e. The second kappa shape index (κ2) is 8.50. The van der Waals surface area contributed by atoms with Gasteiger partial charge in [0.2, 0.25) is 5.91 Å². The van der Waals surface area contributed by atoms with Crippen LogP contribution in [0.4, 0.5) is 37.8 Å². The van der Waals surface area contributed by atoms with Gasteiger partial charge in [-0.15, -0.1) is 0 Å². The fourth-order valence-electron chi connectivity index (χ4n) is 3.10. The second-order valence-corrected chi connectivity index (χ2v) is 6.81. The van der Waals surface area contributed by atoms with Crippen molar-refractivity contribution in [2.45, 2.75) is 19.1 Å². The molecule has 1 atom stereocenters. The van der Waals surface area contributed by atoms with Gasteiger partial charge >= 0.3 is 6.18 Å². The van der Waals surface area contributed by atoms with Crippen molar-refractivity contribution in [3.8, 4) is 0 Å². The molecule has 1 aromatic heterocycles. The predicted molar refractivity (Wildman–Crippen MR) is 97.4 cm³/mol. The number of benzene rings is 1. The van der Waals surface area contributed by atoms with E-state index >= 15 is 0 Å². The van der Waals surface area contributed by atoms with E-state index in [0.29, 0.717) is 38.1 Å². The minimum atomic E-state index is -4.46. The van der Waals surface area contributed by atoms with Gasteiger partial charge in [-0.2, -0.15) is 13.2 Å². The van der Waals surface area contributed by atoms with E-state index in [0.717, 1.165) is 18.3 Å². The Morgan fingerprint density at radius 2 is 1.70 bits per heavy atom. The van der Waals surface area contributed by atoms with Crippen LogP contribution in [0.2, 0.25) is 0 Å². The molecule has 30 heavy (non-hydrogen) atoms. The van der Waals surface area contributed by atoms with Crippen LogP contribution in [-0.4, -0.2) is 48.0 Å². The van der Waals surface area contributed by atoms with Gasteiger partial charge in [0.05, 0.1) is 17.3 Å². The number of hydrogen-bond acceptors (Lipinski definition) is 4. The van der Waals surface area contributed by atoms with Crippen molar-refractivity contribution in [2.75, 3.05) is 36.4 Å². The number of hydrogen-bond donors (Lipinski definition) is 1. The number of carbonyl (C=O) groups is 1. The lowest BCUT2D eigenvalue weighted by atomic mass is 10.2. The lowest BCUT2D eigenvalue weighted by molar-refractivity contribution is -0.137. The zero-order valence-corrected chi connectivity index (χ0v) is 15.8. The van der Waals surface area contributed by atoms with Gasteiger partial charge in [-0.05, 0) is 31.2 Å². The monoisotopic (exact) mass is 432 g/mol. The molecule has 1 aliphatic heterocycles. The van der Waals surface area contributed by atoms with E-state index in [4.69, 9.17) is 0 Å². The number of nitrogens with zero attached hydrogens (tertiary/aromatic N) is 3. The Morgan fingerprint density at radius 1 is 1.03 bits per heavy atom. The van der Waals surface area contributed by atoms with E-state index in [1.807, 2.05) is 0 Å². The number of piperazine rings is 1. The zero-order valence-electron chi connectivity index (χ0n) is 15.8. The lowest BCUT2D eigenvalue weighted by Crippen LogP contribution is -2.53. The summed E-state index contributed by atoms with van der Waals surface area (Å²) in [5.41, 5.74) is -1.29. The molecule has 162 valence electrons. The highest BCUT2D eigenvalue weighted by atomic mass is 19.4. The van der Waals surface area contributed by atoms with Gasteiger partial charge in [0.1, 0.15) is 5.82 Å². The molecule has 1 aromatic carbocycles. The van der Waals surface area contributed by atoms with E-state index in [2.05, 4.69) is 10.3 Å². The number of aromatic nitrogens is 1. The number of amides is 1. The van der Waals surface area contributed by atoms with Crippen molar-refractivity contribution in [2.24, 2.45) is 0 Å². The molecule has 0 aliphatic carbocycles. The van der Waals surface area contributed by atoms with Crippen molar-refractivity contribution in [3.63, 3.8) is 0 Å². The third kappa shape index (κ3) is 4.66. The molecule has 1 saturated heterocycles. The number of halogens is 6. The molecule has 1 unspecified atom stereocenters. The minimum absolute atomic E-state index is 0.392. The molecule has 1 N–H and O–H groups in total. The molecule has 5 nitrogen and oxygen atoms in total. The summed E-state index contributed by atoms with van der Waals surface area (Å²) in [6.45, 7) is 3.21. The average molecular weight is 432 g/mol. The van der Waals surface area contributed by atoms with Gasteiger partial charge in [-0.25, -0.2) is 18.2 Å². The van der Waals surface area contributed by atoms with Gasteiger partial charge in [-0.3, -0.25) is 9.69 Å². The van der Waals surface area contributed by atoms with Crippen molar-refractivity contribution in [3.05, 3.63) is 53.5 Å². The summed E-state index contributed by atoms with van der Waals surface area (Å²) in [5.74, 6) is -4.71. The molecule has 1 aliphatic rings. The number of alkyl halides is 3. The third-order valence-corrected chi connectivity index (χ3v) is 4.93. The van der Waals surface area contributed by atoms with Crippen LogP contribution in [0.25, 0.3) is 0 Å². The van der Waals surface area contributed by atoms with Gasteiger partial charge in [0, 0.05) is 32.4 Å². The Labute approximate surface area is 168 Å². The molecule has 1 fully saturated rings. The van der Waals surface area contributed by atoms with Gasteiger partial charge in [0.25, 0.3) is 0 Å². The first-order valence-corrected chi connectivity index (χ1v) is 9.04. The summed E-state index contributed by atoms with van der Waals surface area (Å²) in [6, 6.07) is 3.21. The number of pyridine rings is 1. The molecule has 0 radical (unpaired) electrons. The van der Waals surface area contributed by atoms with Crippen LogP contribution in [0, 0.1) is 17.5 Å². The molecule has 0 saturated carbocycles. The Bertz CT molecular complexity index is 910. The minimum Gasteiger partial charge on any atom is -0.354 e. The maximum Gasteiger partial charge on any atom is 0.417 e. The van der Waals surface area contributed by atoms with Crippen molar-refractivity contribution in [1.29, 1.82) is 0 Å². The predicted octanol–water partition coefficient (Wildman–Crippen LogP) is 3.67. The molecule has 0 spiro atoms. The standard InChI is InChI=1S/C19H18F6N4O/c1-11(18(30)27-14-4-3-13(20)16(21)17(14)22)28-6-8-29(9-7-28)15-5-2-12(10-26-15)19(23,24)25/h2-5,10-11H,6-9H2,1H3,(H,27,30). The van der Waals surface area contributed by atoms with Crippen LogP contribution in [-0.2, 0) is 11.0 Å². The first kappa shape index (κ1) is 21.9. The summed E-state index contributed by atoms with van der Waals surface area (Å²) in [7, 11) is 0. The fraction of sp³-hybridized carbons (Fsp3) is 0.368. The normalized spacial score (nSPS) is 16.4. The molecular weight excluding hydrogens is 414 g/mol.